The lowest BCUT2D eigenvalue weighted by molar-refractivity contribution is 0.475. The SMILES string of the molecule is CC(C)c1ccc2c(c1)CCCN2c1ccc(O)cc1. The van der Waals surface area contributed by atoms with Crippen LogP contribution in [0.4, 0.5) is 11.4 Å². The van der Waals surface area contributed by atoms with E-state index in [9.17, 15) is 5.11 Å². The zero-order valence-electron chi connectivity index (χ0n) is 12.1. The van der Waals surface area contributed by atoms with Crippen LogP contribution in [0.1, 0.15) is 37.3 Å². The Balaban J connectivity index is 1.99. The number of nitrogens with zero attached hydrogens (tertiary/aromatic N) is 1. The summed E-state index contributed by atoms with van der Waals surface area (Å²) in [6.07, 6.45) is 2.33. The lowest BCUT2D eigenvalue weighted by Crippen LogP contribution is -2.24. The van der Waals surface area contributed by atoms with Crippen LogP contribution in [0.25, 0.3) is 0 Å². The van der Waals surface area contributed by atoms with E-state index in [0.29, 0.717) is 11.7 Å². The van der Waals surface area contributed by atoms with Gasteiger partial charge in [0.2, 0.25) is 0 Å². The van der Waals surface area contributed by atoms with E-state index < -0.39 is 0 Å². The molecular weight excluding hydrogens is 246 g/mol. The van der Waals surface area contributed by atoms with Crippen molar-refractivity contribution < 1.29 is 5.11 Å². The molecule has 0 atom stereocenters. The number of phenols is 1. The summed E-state index contributed by atoms with van der Waals surface area (Å²) in [6, 6.07) is 14.3. The van der Waals surface area contributed by atoms with Crippen molar-refractivity contribution in [3.63, 3.8) is 0 Å². The third-order valence-electron chi connectivity index (χ3n) is 4.05. The van der Waals surface area contributed by atoms with Gasteiger partial charge < -0.3 is 10.0 Å². The summed E-state index contributed by atoms with van der Waals surface area (Å²) >= 11 is 0. The van der Waals surface area contributed by atoms with E-state index in [0.717, 1.165) is 18.7 Å². The monoisotopic (exact) mass is 267 g/mol. The van der Waals surface area contributed by atoms with Gasteiger partial charge in [-0.15, -0.1) is 0 Å². The van der Waals surface area contributed by atoms with Gasteiger partial charge in [0.15, 0.2) is 0 Å². The Morgan fingerprint density at radius 2 is 1.80 bits per heavy atom. The van der Waals surface area contributed by atoms with Crippen LogP contribution < -0.4 is 4.90 Å². The van der Waals surface area contributed by atoms with Crippen molar-refractivity contribution in [3.8, 4) is 5.75 Å². The predicted molar refractivity (Wildman–Crippen MR) is 84.0 cm³/mol. The van der Waals surface area contributed by atoms with Crippen LogP contribution in [-0.2, 0) is 6.42 Å². The fourth-order valence-corrected chi connectivity index (χ4v) is 2.88. The normalized spacial score (nSPS) is 14.4. The molecule has 3 rings (SSSR count). The molecule has 0 aliphatic carbocycles. The van der Waals surface area contributed by atoms with Crippen LogP contribution in [0.2, 0.25) is 0 Å². The van der Waals surface area contributed by atoms with E-state index in [4.69, 9.17) is 0 Å². The highest BCUT2D eigenvalue weighted by atomic mass is 16.3. The Bertz CT molecular complexity index is 601. The number of fused-ring (bicyclic) bond motifs is 1. The quantitative estimate of drug-likeness (QED) is 0.859. The Morgan fingerprint density at radius 1 is 1.05 bits per heavy atom. The Hall–Kier alpha value is -1.96. The summed E-state index contributed by atoms with van der Waals surface area (Å²) in [5.74, 6) is 0.894. The molecule has 0 amide bonds. The highest BCUT2D eigenvalue weighted by molar-refractivity contribution is 5.68. The van der Waals surface area contributed by atoms with Crippen molar-refractivity contribution in [2.24, 2.45) is 0 Å². The van der Waals surface area contributed by atoms with Gasteiger partial charge in [-0.3, -0.25) is 0 Å². The van der Waals surface area contributed by atoms with Gasteiger partial charge in [-0.2, -0.15) is 0 Å². The smallest absolute Gasteiger partial charge is 0.115 e. The second kappa shape index (κ2) is 5.20. The summed E-state index contributed by atoms with van der Waals surface area (Å²) < 4.78 is 0. The largest absolute Gasteiger partial charge is 0.508 e. The van der Waals surface area contributed by atoms with Crippen LogP contribution in [0.5, 0.6) is 5.75 Å². The summed E-state index contributed by atoms with van der Waals surface area (Å²) in [6.45, 7) is 5.52. The first-order chi connectivity index (χ1) is 9.65. The third-order valence-corrected chi connectivity index (χ3v) is 4.05. The highest BCUT2D eigenvalue weighted by Crippen LogP contribution is 2.35. The van der Waals surface area contributed by atoms with E-state index in [-0.39, 0.29) is 0 Å². The van der Waals surface area contributed by atoms with Gasteiger partial charge in [0, 0.05) is 17.9 Å². The molecule has 2 aromatic rings. The maximum Gasteiger partial charge on any atom is 0.115 e. The maximum absolute atomic E-state index is 9.43. The zero-order chi connectivity index (χ0) is 14.1. The summed E-state index contributed by atoms with van der Waals surface area (Å²) in [7, 11) is 0. The highest BCUT2D eigenvalue weighted by Gasteiger charge is 2.18. The molecule has 0 bridgehead atoms. The molecule has 0 unspecified atom stereocenters. The summed E-state index contributed by atoms with van der Waals surface area (Å²) in [4.78, 5) is 2.35. The van der Waals surface area contributed by atoms with Crippen LogP contribution >= 0.6 is 0 Å². The van der Waals surface area contributed by atoms with E-state index in [2.05, 4.69) is 36.9 Å². The van der Waals surface area contributed by atoms with Crippen LogP contribution in [-0.4, -0.2) is 11.7 Å². The van der Waals surface area contributed by atoms with Crippen molar-refractivity contribution in [1.29, 1.82) is 0 Å². The molecule has 20 heavy (non-hydrogen) atoms. The van der Waals surface area contributed by atoms with E-state index in [1.54, 1.807) is 12.1 Å². The van der Waals surface area contributed by atoms with Gasteiger partial charge >= 0.3 is 0 Å². The van der Waals surface area contributed by atoms with E-state index in [1.165, 1.54) is 23.2 Å². The van der Waals surface area contributed by atoms with Gasteiger partial charge in [-0.05, 0) is 60.2 Å². The number of anilines is 2. The predicted octanol–water partition coefficient (Wildman–Crippen LogP) is 4.60. The van der Waals surface area contributed by atoms with Crippen LogP contribution in [0.15, 0.2) is 42.5 Å². The molecule has 0 aromatic heterocycles. The molecule has 1 aliphatic rings. The molecule has 0 saturated heterocycles. The topological polar surface area (TPSA) is 23.5 Å². The molecule has 104 valence electrons. The second-order valence-electron chi connectivity index (χ2n) is 5.81. The molecule has 0 saturated carbocycles. The molecule has 1 heterocycles. The first-order valence-electron chi connectivity index (χ1n) is 7.34. The minimum atomic E-state index is 0.320. The lowest BCUT2D eigenvalue weighted by atomic mass is 9.94. The molecular formula is C18H21NO. The molecule has 0 spiro atoms. The number of benzene rings is 2. The summed E-state index contributed by atoms with van der Waals surface area (Å²) in [5.41, 5.74) is 5.32. The lowest BCUT2D eigenvalue weighted by Gasteiger charge is -2.32. The minimum absolute atomic E-state index is 0.320. The standard InChI is InChI=1S/C18H21NO/c1-13(2)14-5-10-18-15(12-14)4-3-11-19(18)16-6-8-17(20)9-7-16/h5-10,12-13,20H,3-4,11H2,1-2H3. The summed E-state index contributed by atoms with van der Waals surface area (Å²) in [5, 5.41) is 9.43. The number of aromatic hydroxyl groups is 1. The van der Waals surface area contributed by atoms with Crippen molar-refractivity contribution in [2.45, 2.75) is 32.6 Å². The maximum atomic E-state index is 9.43. The molecule has 0 fully saturated rings. The molecule has 2 nitrogen and oxygen atoms in total. The third kappa shape index (κ3) is 2.38. The average Bonchev–Trinajstić information content (AvgIpc) is 2.47. The average molecular weight is 267 g/mol. The molecule has 2 aromatic carbocycles. The van der Waals surface area contributed by atoms with Gasteiger partial charge in [-0.25, -0.2) is 0 Å². The first-order valence-corrected chi connectivity index (χ1v) is 7.34. The van der Waals surface area contributed by atoms with Crippen LogP contribution in [0, 0.1) is 0 Å². The molecule has 0 radical (unpaired) electrons. The van der Waals surface area contributed by atoms with E-state index >= 15 is 0 Å². The minimum Gasteiger partial charge on any atom is -0.508 e. The van der Waals surface area contributed by atoms with Crippen molar-refractivity contribution in [1.82, 2.24) is 0 Å². The van der Waals surface area contributed by atoms with Crippen molar-refractivity contribution in [2.75, 3.05) is 11.4 Å². The molecule has 1 aliphatic heterocycles. The van der Waals surface area contributed by atoms with Crippen molar-refractivity contribution in [3.05, 3.63) is 53.6 Å². The first kappa shape index (κ1) is 13.0. The number of rotatable bonds is 2. The number of phenolic OH excluding ortho intramolecular Hbond substituents is 1. The Morgan fingerprint density at radius 3 is 2.50 bits per heavy atom. The van der Waals surface area contributed by atoms with Crippen molar-refractivity contribution >= 4 is 11.4 Å². The van der Waals surface area contributed by atoms with Crippen LogP contribution in [0.3, 0.4) is 0 Å². The van der Waals surface area contributed by atoms with E-state index in [1.807, 2.05) is 12.1 Å². The number of hydrogen-bond acceptors (Lipinski definition) is 2. The van der Waals surface area contributed by atoms with Gasteiger partial charge in [0.1, 0.15) is 5.75 Å². The fraction of sp³-hybridized carbons (Fsp3) is 0.333. The second-order valence-corrected chi connectivity index (χ2v) is 5.81. The van der Waals surface area contributed by atoms with Gasteiger partial charge in [0.05, 0.1) is 0 Å². The number of hydrogen-bond donors (Lipinski definition) is 1. The molecule has 1 N–H and O–H groups in total. The Kier molecular flexibility index (Phi) is 3.39. The number of aryl methyl sites for hydroxylation is 1. The Labute approximate surface area is 120 Å². The van der Waals surface area contributed by atoms with Gasteiger partial charge in [-0.1, -0.05) is 26.0 Å². The fourth-order valence-electron chi connectivity index (χ4n) is 2.88. The zero-order valence-corrected chi connectivity index (χ0v) is 12.1. The van der Waals surface area contributed by atoms with Gasteiger partial charge in [0.25, 0.3) is 0 Å². The molecule has 2 heteroatoms.